The van der Waals surface area contributed by atoms with E-state index in [1.165, 1.54) is 5.56 Å². The highest BCUT2D eigenvalue weighted by atomic mass is 79.9. The Hall–Kier alpha value is -0.830. The fourth-order valence-corrected chi connectivity index (χ4v) is 3.29. The van der Waals surface area contributed by atoms with Crippen molar-refractivity contribution in [1.82, 2.24) is 5.32 Å². The molecule has 1 N–H and O–H groups in total. The number of alkyl halides is 1. The number of carbonyl (C=O) groups is 1. The van der Waals surface area contributed by atoms with E-state index in [1.54, 1.807) is 0 Å². The zero-order valence-corrected chi connectivity index (χ0v) is 15.5. The van der Waals surface area contributed by atoms with Gasteiger partial charge in [-0.2, -0.15) is 0 Å². The highest BCUT2D eigenvalue weighted by molar-refractivity contribution is 9.09. The largest absolute Gasteiger partial charge is 0.351 e. The molecular formula is C18H28BrNO. The lowest BCUT2D eigenvalue weighted by Crippen LogP contribution is -2.32. The Kier molecular flexibility index (Phi) is 6.92. The van der Waals surface area contributed by atoms with Gasteiger partial charge in [-0.05, 0) is 29.0 Å². The predicted octanol–water partition coefficient (Wildman–Crippen LogP) is 4.91. The van der Waals surface area contributed by atoms with Crippen molar-refractivity contribution in [2.24, 2.45) is 5.92 Å². The van der Waals surface area contributed by atoms with Crippen LogP contribution in [0.3, 0.4) is 0 Å². The van der Waals surface area contributed by atoms with Gasteiger partial charge in [0.15, 0.2) is 0 Å². The molecule has 0 radical (unpaired) electrons. The predicted molar refractivity (Wildman–Crippen MR) is 94.3 cm³/mol. The fourth-order valence-electron chi connectivity index (χ4n) is 2.38. The number of carbonyl (C=O) groups excluding carboxylic acids is 1. The molecule has 1 rings (SSSR count). The van der Waals surface area contributed by atoms with Crippen molar-refractivity contribution in [3.8, 4) is 0 Å². The Balaban J connectivity index is 2.60. The van der Waals surface area contributed by atoms with Gasteiger partial charge < -0.3 is 5.32 Å². The minimum absolute atomic E-state index is 0.00543. The molecule has 2 nitrogen and oxygen atoms in total. The van der Waals surface area contributed by atoms with Crippen LogP contribution in [-0.2, 0) is 5.41 Å². The van der Waals surface area contributed by atoms with Gasteiger partial charge in [0.25, 0.3) is 5.91 Å². The Bertz CT molecular complexity index is 443. The molecule has 0 spiro atoms. The van der Waals surface area contributed by atoms with E-state index in [1.807, 2.05) is 24.3 Å². The van der Waals surface area contributed by atoms with Crippen LogP contribution in [0.25, 0.3) is 0 Å². The molecule has 1 unspecified atom stereocenters. The van der Waals surface area contributed by atoms with Gasteiger partial charge in [-0.15, -0.1) is 0 Å². The number of halogens is 1. The summed E-state index contributed by atoms with van der Waals surface area (Å²) in [5.41, 5.74) is 2.09. The fraction of sp³-hybridized carbons (Fsp3) is 0.611. The number of rotatable bonds is 6. The summed E-state index contributed by atoms with van der Waals surface area (Å²) in [4.78, 5) is 12.5. The maximum Gasteiger partial charge on any atom is 0.251 e. The van der Waals surface area contributed by atoms with Crippen LogP contribution < -0.4 is 5.32 Å². The first-order chi connectivity index (χ1) is 9.79. The van der Waals surface area contributed by atoms with Crippen molar-refractivity contribution in [3.63, 3.8) is 0 Å². The molecule has 0 saturated heterocycles. The Morgan fingerprint density at radius 1 is 1.14 bits per heavy atom. The molecule has 0 fully saturated rings. The van der Waals surface area contributed by atoms with Gasteiger partial charge in [-0.1, -0.05) is 75.5 Å². The van der Waals surface area contributed by atoms with Crippen molar-refractivity contribution in [3.05, 3.63) is 35.4 Å². The van der Waals surface area contributed by atoms with Gasteiger partial charge >= 0.3 is 0 Å². The normalized spacial score (nSPS) is 13.3. The van der Waals surface area contributed by atoms with E-state index in [2.05, 4.69) is 55.9 Å². The number of benzene rings is 1. The van der Waals surface area contributed by atoms with Gasteiger partial charge in [-0.3, -0.25) is 4.79 Å². The SMILES string of the molecule is CCC(CC)C(Br)CNC(=O)c1ccc(C(C)(C)C)cc1. The lowest BCUT2D eigenvalue weighted by atomic mass is 9.87. The average molecular weight is 354 g/mol. The zero-order chi connectivity index (χ0) is 16.0. The van der Waals surface area contributed by atoms with Gasteiger partial charge in [0.1, 0.15) is 0 Å². The summed E-state index contributed by atoms with van der Waals surface area (Å²) in [7, 11) is 0. The molecule has 1 atom stereocenters. The van der Waals surface area contributed by atoms with Gasteiger partial charge in [0.05, 0.1) is 0 Å². The minimum Gasteiger partial charge on any atom is -0.351 e. The van der Waals surface area contributed by atoms with Crippen molar-refractivity contribution >= 4 is 21.8 Å². The van der Waals surface area contributed by atoms with Crippen LogP contribution in [-0.4, -0.2) is 17.3 Å². The van der Waals surface area contributed by atoms with Crippen molar-refractivity contribution in [2.45, 2.75) is 57.7 Å². The quantitative estimate of drug-likeness (QED) is 0.723. The van der Waals surface area contributed by atoms with Crippen LogP contribution in [0.1, 0.15) is 63.4 Å². The molecule has 0 heterocycles. The van der Waals surface area contributed by atoms with E-state index in [-0.39, 0.29) is 11.3 Å². The average Bonchev–Trinajstić information content (AvgIpc) is 2.45. The molecule has 0 aromatic heterocycles. The van der Waals surface area contributed by atoms with Crippen LogP contribution in [0.4, 0.5) is 0 Å². The third-order valence-electron chi connectivity index (χ3n) is 4.03. The smallest absolute Gasteiger partial charge is 0.251 e. The maximum atomic E-state index is 12.2. The van der Waals surface area contributed by atoms with Gasteiger partial charge in [-0.25, -0.2) is 0 Å². The summed E-state index contributed by atoms with van der Waals surface area (Å²) < 4.78 is 0. The van der Waals surface area contributed by atoms with E-state index in [9.17, 15) is 4.79 Å². The van der Waals surface area contributed by atoms with Gasteiger partial charge in [0, 0.05) is 16.9 Å². The molecule has 118 valence electrons. The lowest BCUT2D eigenvalue weighted by Gasteiger charge is -2.20. The molecule has 0 aliphatic carbocycles. The molecule has 3 heteroatoms. The first kappa shape index (κ1) is 18.2. The second kappa shape index (κ2) is 7.98. The summed E-state index contributed by atoms with van der Waals surface area (Å²) >= 11 is 3.69. The molecule has 1 aromatic carbocycles. The highest BCUT2D eigenvalue weighted by Crippen LogP contribution is 2.22. The number of hydrogen-bond acceptors (Lipinski definition) is 1. The molecule has 0 saturated carbocycles. The molecule has 0 aliphatic rings. The van der Waals surface area contributed by atoms with E-state index in [0.29, 0.717) is 17.3 Å². The van der Waals surface area contributed by atoms with E-state index < -0.39 is 0 Å². The monoisotopic (exact) mass is 353 g/mol. The Morgan fingerprint density at radius 3 is 2.10 bits per heavy atom. The van der Waals surface area contributed by atoms with Crippen LogP contribution in [0.15, 0.2) is 24.3 Å². The molecule has 0 aliphatic heterocycles. The van der Waals surface area contributed by atoms with Crippen LogP contribution in [0.5, 0.6) is 0 Å². The summed E-state index contributed by atoms with van der Waals surface area (Å²) in [6.07, 6.45) is 2.26. The zero-order valence-electron chi connectivity index (χ0n) is 13.9. The number of amides is 1. The minimum atomic E-state index is 0.00543. The number of hydrogen-bond donors (Lipinski definition) is 1. The van der Waals surface area contributed by atoms with E-state index >= 15 is 0 Å². The Labute approximate surface area is 137 Å². The second-order valence-corrected chi connectivity index (χ2v) is 7.81. The van der Waals surface area contributed by atoms with Crippen LogP contribution in [0.2, 0.25) is 0 Å². The summed E-state index contributed by atoms with van der Waals surface area (Å²) in [5.74, 6) is 0.611. The molecular weight excluding hydrogens is 326 g/mol. The molecule has 21 heavy (non-hydrogen) atoms. The standard InChI is InChI=1S/C18H28BrNO/c1-6-13(7-2)16(19)12-20-17(21)14-8-10-15(11-9-14)18(3,4)5/h8-11,13,16H,6-7,12H2,1-5H3,(H,20,21). The molecule has 1 aromatic rings. The first-order valence-electron chi connectivity index (χ1n) is 7.82. The third-order valence-corrected chi connectivity index (χ3v) is 5.10. The van der Waals surface area contributed by atoms with E-state index in [0.717, 1.165) is 18.4 Å². The lowest BCUT2D eigenvalue weighted by molar-refractivity contribution is 0.0952. The van der Waals surface area contributed by atoms with Crippen LogP contribution >= 0.6 is 15.9 Å². The summed E-state index contributed by atoms with van der Waals surface area (Å²) in [6.45, 7) is 11.6. The topological polar surface area (TPSA) is 29.1 Å². The molecule has 1 amide bonds. The number of nitrogens with one attached hydrogen (secondary N) is 1. The summed E-state index contributed by atoms with van der Waals surface area (Å²) in [5, 5.41) is 3.02. The van der Waals surface area contributed by atoms with Crippen molar-refractivity contribution < 1.29 is 4.79 Å². The third kappa shape index (κ3) is 5.46. The highest BCUT2D eigenvalue weighted by Gasteiger charge is 2.17. The first-order valence-corrected chi connectivity index (χ1v) is 8.74. The second-order valence-electron chi connectivity index (χ2n) is 6.63. The maximum absolute atomic E-state index is 12.2. The summed E-state index contributed by atoms with van der Waals surface area (Å²) in [6, 6.07) is 7.91. The Morgan fingerprint density at radius 2 is 1.67 bits per heavy atom. The molecule has 0 bridgehead atoms. The van der Waals surface area contributed by atoms with Crippen molar-refractivity contribution in [1.29, 1.82) is 0 Å². The van der Waals surface area contributed by atoms with Crippen molar-refractivity contribution in [2.75, 3.05) is 6.54 Å². The van der Waals surface area contributed by atoms with E-state index in [4.69, 9.17) is 0 Å². The van der Waals surface area contributed by atoms with Gasteiger partial charge in [0.2, 0.25) is 0 Å². The van der Waals surface area contributed by atoms with Crippen LogP contribution in [0, 0.1) is 5.92 Å².